The first-order chi connectivity index (χ1) is 13.0. The first-order valence-corrected chi connectivity index (χ1v) is 9.97. The molecule has 0 N–H and O–H groups in total. The molecule has 148 valence electrons. The fourth-order valence-electron chi connectivity index (χ4n) is 4.39. The van der Waals surface area contributed by atoms with Gasteiger partial charge in [0.2, 0.25) is 0 Å². The summed E-state index contributed by atoms with van der Waals surface area (Å²) in [7, 11) is 1.62. The smallest absolute Gasteiger partial charge is 0.327 e. The number of likely N-dealkylation sites (N-methyl/N-ethyl adjacent to an activating group) is 1. The summed E-state index contributed by atoms with van der Waals surface area (Å²) in [5.41, 5.74) is 0.232. The van der Waals surface area contributed by atoms with Crippen LogP contribution in [0.4, 0.5) is 4.79 Å². The Morgan fingerprint density at radius 1 is 1.19 bits per heavy atom. The van der Waals surface area contributed by atoms with Crippen LogP contribution in [0.2, 0.25) is 0 Å². The van der Waals surface area contributed by atoms with Crippen molar-refractivity contribution in [1.29, 1.82) is 0 Å². The lowest BCUT2D eigenvalue weighted by Gasteiger charge is -2.43. The minimum Gasteiger partial charge on any atom is -0.497 e. The molecule has 2 saturated heterocycles. The van der Waals surface area contributed by atoms with Crippen LogP contribution < -0.4 is 4.74 Å². The molecule has 27 heavy (non-hydrogen) atoms. The average Bonchev–Trinajstić information content (AvgIpc) is 2.89. The Bertz CT molecular complexity index is 698. The molecule has 2 heterocycles. The number of imide groups is 1. The van der Waals surface area contributed by atoms with Crippen LogP contribution in [-0.2, 0) is 11.3 Å². The maximum absolute atomic E-state index is 13.4. The minimum absolute atomic E-state index is 0.0408. The number of methoxy groups -OCH3 is 1. The predicted molar refractivity (Wildman–Crippen MR) is 105 cm³/mol. The number of hydrogen-bond acceptors (Lipinski definition) is 4. The second kappa shape index (κ2) is 7.89. The first-order valence-electron chi connectivity index (χ1n) is 9.97. The van der Waals surface area contributed by atoms with E-state index in [0.717, 1.165) is 30.8 Å². The second-order valence-electron chi connectivity index (χ2n) is 7.59. The molecular formula is C21H31N3O3. The molecule has 1 aromatic rings. The standard InChI is InChI=1S/C21H31N3O3/c1-5-16(3)22-12-10-21(11-13-22)19(25)23(20(26)24(21)6-2)15-17-8-7-9-18(14-17)27-4/h7-9,14,16H,5-6,10-13,15H2,1-4H3. The molecule has 2 fully saturated rings. The molecule has 0 radical (unpaired) electrons. The molecule has 2 aliphatic heterocycles. The van der Waals surface area contributed by atoms with Gasteiger partial charge in [-0.2, -0.15) is 0 Å². The van der Waals surface area contributed by atoms with Crippen LogP contribution in [0.5, 0.6) is 5.75 Å². The van der Waals surface area contributed by atoms with E-state index < -0.39 is 5.54 Å². The molecule has 6 nitrogen and oxygen atoms in total. The summed E-state index contributed by atoms with van der Waals surface area (Å²) >= 11 is 0. The topological polar surface area (TPSA) is 53.1 Å². The summed E-state index contributed by atoms with van der Waals surface area (Å²) in [6.07, 6.45) is 2.52. The highest BCUT2D eigenvalue weighted by molar-refractivity contribution is 6.07. The van der Waals surface area contributed by atoms with Crippen LogP contribution in [-0.4, -0.2) is 65.0 Å². The van der Waals surface area contributed by atoms with Crippen molar-refractivity contribution < 1.29 is 14.3 Å². The number of benzene rings is 1. The molecule has 0 bridgehead atoms. The van der Waals surface area contributed by atoms with E-state index in [2.05, 4.69) is 18.7 Å². The average molecular weight is 373 g/mol. The first kappa shape index (κ1) is 19.7. The molecular weight excluding hydrogens is 342 g/mol. The normalized spacial score (nSPS) is 21.2. The summed E-state index contributed by atoms with van der Waals surface area (Å²) < 4.78 is 5.27. The highest BCUT2D eigenvalue weighted by Crippen LogP contribution is 2.38. The van der Waals surface area contributed by atoms with Gasteiger partial charge in [0, 0.05) is 25.7 Å². The largest absolute Gasteiger partial charge is 0.497 e. The molecule has 1 atom stereocenters. The number of ether oxygens (including phenoxy) is 1. The molecule has 1 aromatic carbocycles. The third kappa shape index (κ3) is 3.43. The Hall–Kier alpha value is -2.08. The fourth-order valence-corrected chi connectivity index (χ4v) is 4.39. The lowest BCUT2D eigenvalue weighted by atomic mass is 9.85. The molecule has 0 aromatic heterocycles. The summed E-state index contributed by atoms with van der Waals surface area (Å²) in [5, 5.41) is 0. The van der Waals surface area contributed by atoms with Crippen LogP contribution in [0.15, 0.2) is 24.3 Å². The van der Waals surface area contributed by atoms with E-state index >= 15 is 0 Å². The van der Waals surface area contributed by atoms with Crippen LogP contribution in [0.3, 0.4) is 0 Å². The van der Waals surface area contributed by atoms with Gasteiger partial charge in [-0.15, -0.1) is 0 Å². The number of urea groups is 1. The van der Waals surface area contributed by atoms with Crippen LogP contribution >= 0.6 is 0 Å². The van der Waals surface area contributed by atoms with Gasteiger partial charge in [0.25, 0.3) is 5.91 Å². The van der Waals surface area contributed by atoms with E-state index in [1.807, 2.05) is 31.2 Å². The van der Waals surface area contributed by atoms with Crippen LogP contribution in [0.25, 0.3) is 0 Å². The van der Waals surface area contributed by atoms with Crippen molar-refractivity contribution in [2.75, 3.05) is 26.7 Å². The Morgan fingerprint density at radius 3 is 2.48 bits per heavy atom. The monoisotopic (exact) mass is 373 g/mol. The molecule has 1 unspecified atom stereocenters. The predicted octanol–water partition coefficient (Wildman–Crippen LogP) is 3.11. The zero-order valence-electron chi connectivity index (χ0n) is 16.9. The Labute approximate surface area is 162 Å². The highest BCUT2D eigenvalue weighted by atomic mass is 16.5. The lowest BCUT2D eigenvalue weighted by molar-refractivity contribution is -0.136. The Balaban J connectivity index is 1.81. The molecule has 2 aliphatic rings. The minimum atomic E-state index is -0.672. The molecule has 1 spiro atoms. The van der Waals surface area contributed by atoms with E-state index in [1.54, 1.807) is 12.0 Å². The van der Waals surface area contributed by atoms with E-state index in [0.29, 0.717) is 32.0 Å². The maximum Gasteiger partial charge on any atom is 0.327 e. The number of carbonyl (C=O) groups is 2. The summed E-state index contributed by atoms with van der Waals surface area (Å²) in [6.45, 7) is 8.95. The van der Waals surface area contributed by atoms with E-state index in [9.17, 15) is 9.59 Å². The number of carbonyl (C=O) groups excluding carboxylic acids is 2. The van der Waals surface area contributed by atoms with Crippen molar-refractivity contribution in [3.05, 3.63) is 29.8 Å². The third-order valence-electron chi connectivity index (χ3n) is 6.25. The quantitative estimate of drug-likeness (QED) is 0.719. The van der Waals surface area contributed by atoms with E-state index in [1.165, 1.54) is 4.90 Å². The number of rotatable bonds is 6. The number of piperidine rings is 1. The van der Waals surface area contributed by atoms with Gasteiger partial charge in [0.1, 0.15) is 11.3 Å². The van der Waals surface area contributed by atoms with Crippen molar-refractivity contribution in [3.63, 3.8) is 0 Å². The molecule has 3 amide bonds. The summed E-state index contributed by atoms with van der Waals surface area (Å²) in [5.74, 6) is 0.691. The molecule has 0 saturated carbocycles. The van der Waals surface area contributed by atoms with Gasteiger partial charge in [-0.25, -0.2) is 4.79 Å². The third-order valence-corrected chi connectivity index (χ3v) is 6.25. The van der Waals surface area contributed by atoms with Crippen molar-refractivity contribution in [3.8, 4) is 5.75 Å². The van der Waals surface area contributed by atoms with Gasteiger partial charge >= 0.3 is 6.03 Å². The van der Waals surface area contributed by atoms with Gasteiger partial charge in [0.15, 0.2) is 0 Å². The fraction of sp³-hybridized carbons (Fsp3) is 0.619. The summed E-state index contributed by atoms with van der Waals surface area (Å²) in [4.78, 5) is 32.1. The SMILES string of the molecule is CCC(C)N1CCC2(CC1)C(=O)N(Cc1cccc(OC)c1)C(=O)N2CC. The maximum atomic E-state index is 13.4. The van der Waals surface area contributed by atoms with Gasteiger partial charge in [-0.1, -0.05) is 19.1 Å². The highest BCUT2D eigenvalue weighted by Gasteiger charge is 2.57. The van der Waals surface area contributed by atoms with Gasteiger partial charge < -0.3 is 14.5 Å². The molecule has 3 rings (SSSR count). The van der Waals surface area contributed by atoms with Crippen molar-refractivity contribution in [1.82, 2.24) is 14.7 Å². The second-order valence-corrected chi connectivity index (χ2v) is 7.59. The molecule has 6 heteroatoms. The number of hydrogen-bond donors (Lipinski definition) is 0. The molecule has 0 aliphatic carbocycles. The van der Waals surface area contributed by atoms with Gasteiger partial charge in [-0.05, 0) is 50.8 Å². The van der Waals surface area contributed by atoms with Gasteiger partial charge in [-0.3, -0.25) is 9.69 Å². The zero-order chi connectivity index (χ0) is 19.6. The zero-order valence-corrected chi connectivity index (χ0v) is 16.9. The van der Waals surface area contributed by atoms with Crippen LogP contribution in [0.1, 0.15) is 45.6 Å². The number of nitrogens with zero attached hydrogens (tertiary/aromatic N) is 3. The van der Waals surface area contributed by atoms with Crippen molar-refractivity contribution >= 4 is 11.9 Å². The number of likely N-dealkylation sites (tertiary alicyclic amines) is 1. The summed E-state index contributed by atoms with van der Waals surface area (Å²) in [6, 6.07) is 7.90. The van der Waals surface area contributed by atoms with Gasteiger partial charge in [0.05, 0.1) is 13.7 Å². The van der Waals surface area contributed by atoms with E-state index in [-0.39, 0.29) is 11.9 Å². The van der Waals surface area contributed by atoms with Crippen molar-refractivity contribution in [2.45, 2.75) is 58.2 Å². The number of amides is 3. The van der Waals surface area contributed by atoms with Crippen molar-refractivity contribution in [2.24, 2.45) is 0 Å². The van der Waals surface area contributed by atoms with Crippen LogP contribution in [0, 0.1) is 0 Å². The Morgan fingerprint density at radius 2 is 1.89 bits per heavy atom. The lowest BCUT2D eigenvalue weighted by Crippen LogP contribution is -2.57. The Kier molecular flexibility index (Phi) is 5.75. The van der Waals surface area contributed by atoms with E-state index in [4.69, 9.17) is 4.74 Å².